The zero-order chi connectivity index (χ0) is 26.2. The van der Waals surface area contributed by atoms with Crippen molar-refractivity contribution < 1.29 is 5.11 Å². The number of aliphatic hydroxyl groups excluding tert-OH is 1. The first-order valence-corrected chi connectivity index (χ1v) is 12.4. The molecule has 0 bridgehead atoms. The minimum atomic E-state index is -0.156. The fraction of sp³-hybridized carbons (Fsp3) is 0.179. The van der Waals surface area contributed by atoms with Gasteiger partial charge in [0.1, 0.15) is 11.3 Å². The Bertz CT molecular complexity index is 1730. The summed E-state index contributed by atoms with van der Waals surface area (Å²) in [6, 6.07) is 17.9. The van der Waals surface area contributed by atoms with Gasteiger partial charge in [-0.15, -0.1) is 5.10 Å². The fourth-order valence-corrected chi connectivity index (χ4v) is 4.46. The van der Waals surface area contributed by atoms with Crippen molar-refractivity contribution in [3.05, 3.63) is 85.1 Å². The molecule has 0 fully saturated rings. The van der Waals surface area contributed by atoms with Crippen LogP contribution in [0.15, 0.2) is 79.4 Å². The average molecular weight is 506 g/mol. The van der Waals surface area contributed by atoms with E-state index in [-0.39, 0.29) is 12.6 Å². The summed E-state index contributed by atoms with van der Waals surface area (Å²) in [7, 11) is 1.91. The molecule has 5 heterocycles. The second-order valence-electron chi connectivity index (χ2n) is 9.29. The monoisotopic (exact) mass is 505 g/mol. The Morgan fingerprint density at radius 1 is 0.947 bits per heavy atom. The molecule has 38 heavy (non-hydrogen) atoms. The van der Waals surface area contributed by atoms with E-state index < -0.39 is 0 Å². The van der Waals surface area contributed by atoms with Crippen LogP contribution in [0.2, 0.25) is 0 Å². The van der Waals surface area contributed by atoms with Crippen LogP contribution in [0, 0.1) is 0 Å². The third-order valence-corrected chi connectivity index (χ3v) is 6.34. The molecule has 0 amide bonds. The highest BCUT2D eigenvalue weighted by Gasteiger charge is 2.23. The summed E-state index contributed by atoms with van der Waals surface area (Å²) in [5.74, 6) is 2.22. The highest BCUT2D eigenvalue weighted by atomic mass is 16.3. The van der Waals surface area contributed by atoms with Gasteiger partial charge in [0.2, 0.25) is 5.82 Å². The van der Waals surface area contributed by atoms with E-state index in [1.807, 2.05) is 75.8 Å². The highest BCUT2D eigenvalue weighted by molar-refractivity contribution is 5.99. The number of nitrogens with one attached hydrogen (secondary N) is 1. The Balaban J connectivity index is 1.64. The second kappa shape index (κ2) is 9.56. The molecule has 0 radical (unpaired) electrons. The summed E-state index contributed by atoms with van der Waals surface area (Å²) in [6.07, 6.45) is 7.56. The van der Waals surface area contributed by atoms with Gasteiger partial charge < -0.3 is 15.0 Å². The Hall–Kier alpha value is -4.83. The average Bonchev–Trinajstić information content (AvgIpc) is 3.67. The van der Waals surface area contributed by atoms with Crippen molar-refractivity contribution in [2.45, 2.75) is 26.5 Å². The molecule has 0 saturated heterocycles. The first-order valence-electron chi connectivity index (χ1n) is 12.4. The summed E-state index contributed by atoms with van der Waals surface area (Å²) in [6.45, 7) is 4.05. The number of hydrogen-bond donors (Lipinski definition) is 2. The fourth-order valence-electron chi connectivity index (χ4n) is 4.46. The van der Waals surface area contributed by atoms with Gasteiger partial charge in [-0.2, -0.15) is 5.10 Å². The maximum atomic E-state index is 9.62. The van der Waals surface area contributed by atoms with Crippen molar-refractivity contribution >= 4 is 17.2 Å². The largest absolute Gasteiger partial charge is 0.390 e. The van der Waals surface area contributed by atoms with E-state index >= 15 is 0 Å². The van der Waals surface area contributed by atoms with E-state index in [9.17, 15) is 5.11 Å². The summed E-state index contributed by atoms with van der Waals surface area (Å²) < 4.78 is 5.66. The molecule has 10 nitrogen and oxygen atoms in total. The predicted molar refractivity (Wildman–Crippen MR) is 146 cm³/mol. The van der Waals surface area contributed by atoms with Gasteiger partial charge in [0.15, 0.2) is 11.6 Å². The van der Waals surface area contributed by atoms with Crippen LogP contribution in [0.3, 0.4) is 0 Å². The predicted octanol–water partition coefficient (Wildman–Crippen LogP) is 4.87. The minimum Gasteiger partial charge on any atom is -0.390 e. The topological polar surface area (TPSA) is 111 Å². The lowest BCUT2D eigenvalue weighted by Crippen LogP contribution is -2.07. The molecule has 0 unspecified atom stereocenters. The van der Waals surface area contributed by atoms with Crippen LogP contribution in [0.1, 0.15) is 25.6 Å². The molecule has 10 heteroatoms. The molecule has 6 rings (SSSR count). The number of rotatable bonds is 7. The summed E-state index contributed by atoms with van der Waals surface area (Å²) in [4.78, 5) is 13.9. The molecular formula is C28H27N9O. The van der Waals surface area contributed by atoms with Gasteiger partial charge in [0.25, 0.3) is 0 Å². The molecule has 0 aliphatic rings. The third kappa shape index (κ3) is 4.20. The number of anilines is 2. The lowest BCUT2D eigenvalue weighted by Gasteiger charge is -2.12. The Labute approximate surface area is 219 Å². The number of fused-ring (bicyclic) bond motifs is 1. The van der Waals surface area contributed by atoms with Crippen LogP contribution in [-0.2, 0) is 13.7 Å². The molecule has 5 aromatic heterocycles. The number of aromatic nitrogens is 8. The number of aliphatic hydroxyl groups is 1. The van der Waals surface area contributed by atoms with Crippen molar-refractivity contribution in [1.29, 1.82) is 0 Å². The van der Waals surface area contributed by atoms with E-state index in [2.05, 4.69) is 41.3 Å². The number of aryl methyl sites for hydroxylation is 1. The van der Waals surface area contributed by atoms with Crippen LogP contribution in [0.4, 0.5) is 11.6 Å². The van der Waals surface area contributed by atoms with Gasteiger partial charge in [0.05, 0.1) is 18.0 Å². The van der Waals surface area contributed by atoms with Crippen molar-refractivity contribution in [3.63, 3.8) is 0 Å². The molecule has 0 atom stereocenters. The maximum Gasteiger partial charge on any atom is 0.218 e. The van der Waals surface area contributed by atoms with Crippen molar-refractivity contribution in [3.8, 4) is 34.0 Å². The third-order valence-electron chi connectivity index (χ3n) is 6.34. The normalized spacial score (nSPS) is 11.5. The van der Waals surface area contributed by atoms with Gasteiger partial charge in [-0.3, -0.25) is 4.68 Å². The lowest BCUT2D eigenvalue weighted by molar-refractivity contribution is 0.277. The van der Waals surface area contributed by atoms with Crippen LogP contribution in [0.25, 0.3) is 39.5 Å². The summed E-state index contributed by atoms with van der Waals surface area (Å²) in [5.41, 5.74) is 5.07. The highest BCUT2D eigenvalue weighted by Crippen LogP contribution is 2.40. The molecule has 1 aromatic carbocycles. The van der Waals surface area contributed by atoms with Gasteiger partial charge in [0, 0.05) is 49.0 Å². The Morgan fingerprint density at radius 3 is 2.50 bits per heavy atom. The van der Waals surface area contributed by atoms with Gasteiger partial charge in [-0.25, -0.2) is 19.5 Å². The quantitative estimate of drug-likeness (QED) is 0.318. The molecule has 190 valence electrons. The number of benzene rings is 1. The SMILES string of the molecule is CC(C)n1ccc(-c2cn3nc(-c4nccn4C)nc(Nc4cccc(CO)n4)c3c2-c2ccccc2)n1. The number of nitrogens with zero attached hydrogens (tertiary/aromatic N) is 8. The van der Waals surface area contributed by atoms with E-state index in [0.29, 0.717) is 29.0 Å². The zero-order valence-electron chi connectivity index (χ0n) is 21.3. The van der Waals surface area contributed by atoms with Crippen molar-refractivity contribution in [2.75, 3.05) is 5.32 Å². The second-order valence-corrected chi connectivity index (χ2v) is 9.29. The van der Waals surface area contributed by atoms with E-state index in [1.54, 1.807) is 12.3 Å². The number of hydrogen-bond acceptors (Lipinski definition) is 7. The van der Waals surface area contributed by atoms with Crippen LogP contribution in [0.5, 0.6) is 0 Å². The lowest BCUT2D eigenvalue weighted by atomic mass is 10.0. The molecule has 0 spiro atoms. The maximum absolute atomic E-state index is 9.62. The summed E-state index contributed by atoms with van der Waals surface area (Å²) >= 11 is 0. The number of pyridine rings is 1. The zero-order valence-corrected chi connectivity index (χ0v) is 21.3. The van der Waals surface area contributed by atoms with Gasteiger partial charge >= 0.3 is 0 Å². The Kier molecular flexibility index (Phi) is 5.93. The van der Waals surface area contributed by atoms with E-state index in [4.69, 9.17) is 15.2 Å². The van der Waals surface area contributed by atoms with Crippen LogP contribution in [-0.4, -0.2) is 44.0 Å². The first kappa shape index (κ1) is 23.6. The van der Waals surface area contributed by atoms with Crippen molar-refractivity contribution in [1.82, 2.24) is 38.9 Å². The number of imidazole rings is 1. The van der Waals surface area contributed by atoms with E-state index in [1.165, 1.54) is 0 Å². The molecular weight excluding hydrogens is 478 g/mol. The van der Waals surface area contributed by atoms with E-state index in [0.717, 1.165) is 27.9 Å². The van der Waals surface area contributed by atoms with Gasteiger partial charge in [-0.1, -0.05) is 36.4 Å². The molecule has 6 aromatic rings. The standard InChI is InChI=1S/C28H27N9O/c1-18(2)36-14-12-22(33-36)21-16-37-25(24(21)19-8-5-4-6-9-19)26(31-23-11-7-10-20(17-38)30-23)32-27(34-37)28-29-13-15-35(28)3/h4-16,18,38H,17H2,1-3H3,(H,30,31,32,34). The molecule has 2 N–H and O–H groups in total. The Morgan fingerprint density at radius 2 is 1.79 bits per heavy atom. The van der Waals surface area contributed by atoms with Gasteiger partial charge in [-0.05, 0) is 37.6 Å². The molecule has 0 saturated carbocycles. The smallest absolute Gasteiger partial charge is 0.218 e. The van der Waals surface area contributed by atoms with Crippen LogP contribution >= 0.6 is 0 Å². The van der Waals surface area contributed by atoms with Crippen LogP contribution < -0.4 is 5.32 Å². The first-order chi connectivity index (χ1) is 18.5. The minimum absolute atomic E-state index is 0.156. The molecule has 0 aliphatic carbocycles. The van der Waals surface area contributed by atoms with Crippen molar-refractivity contribution in [2.24, 2.45) is 7.05 Å². The summed E-state index contributed by atoms with van der Waals surface area (Å²) in [5, 5.41) is 22.7. The molecule has 0 aliphatic heterocycles.